The molecular formula is C9H13NO2S. The molecule has 1 N–H and O–H groups in total. The van der Waals surface area contributed by atoms with E-state index in [-0.39, 0.29) is 11.9 Å². The molecule has 3 nitrogen and oxygen atoms in total. The Bertz CT molecular complexity index is 259. The standard InChI is InChI=1S/C9H13NO2S/c1-7(6-12-2)10-9(11)8-4-3-5-13-8/h3-5,7H,6H2,1-2H3,(H,10,11)/t7-/m0/s1. The third-order valence-corrected chi connectivity index (χ3v) is 2.41. The molecule has 1 aromatic rings. The van der Waals surface area contributed by atoms with E-state index in [0.717, 1.165) is 4.88 Å². The Hall–Kier alpha value is -0.870. The number of amides is 1. The van der Waals surface area contributed by atoms with Crippen LogP contribution in [0.2, 0.25) is 0 Å². The first-order valence-corrected chi connectivity index (χ1v) is 4.95. The average molecular weight is 199 g/mol. The van der Waals surface area contributed by atoms with Gasteiger partial charge in [0.05, 0.1) is 11.5 Å². The van der Waals surface area contributed by atoms with Gasteiger partial charge in [-0.3, -0.25) is 4.79 Å². The monoisotopic (exact) mass is 199 g/mol. The topological polar surface area (TPSA) is 38.3 Å². The summed E-state index contributed by atoms with van der Waals surface area (Å²) in [6, 6.07) is 3.72. The lowest BCUT2D eigenvalue weighted by Gasteiger charge is -2.11. The summed E-state index contributed by atoms with van der Waals surface area (Å²) in [5.74, 6) is -0.0282. The highest BCUT2D eigenvalue weighted by Gasteiger charge is 2.09. The molecule has 0 unspecified atom stereocenters. The molecule has 0 aliphatic heterocycles. The largest absolute Gasteiger partial charge is 0.383 e. The Morgan fingerprint density at radius 1 is 1.77 bits per heavy atom. The van der Waals surface area contributed by atoms with Crippen molar-refractivity contribution in [3.63, 3.8) is 0 Å². The molecule has 13 heavy (non-hydrogen) atoms. The number of rotatable bonds is 4. The van der Waals surface area contributed by atoms with Gasteiger partial charge in [-0.15, -0.1) is 11.3 Å². The molecule has 1 rings (SSSR count). The fourth-order valence-electron chi connectivity index (χ4n) is 0.994. The van der Waals surface area contributed by atoms with Crippen LogP contribution in [0.5, 0.6) is 0 Å². The van der Waals surface area contributed by atoms with Crippen molar-refractivity contribution in [3.8, 4) is 0 Å². The van der Waals surface area contributed by atoms with Crippen LogP contribution in [-0.4, -0.2) is 25.7 Å². The fraction of sp³-hybridized carbons (Fsp3) is 0.444. The lowest BCUT2D eigenvalue weighted by atomic mass is 10.3. The summed E-state index contributed by atoms with van der Waals surface area (Å²) in [5, 5.41) is 4.71. The smallest absolute Gasteiger partial charge is 0.261 e. The molecule has 0 aliphatic carbocycles. The van der Waals surface area contributed by atoms with Gasteiger partial charge >= 0.3 is 0 Å². The van der Waals surface area contributed by atoms with E-state index in [1.54, 1.807) is 13.2 Å². The SMILES string of the molecule is COC[C@H](C)NC(=O)c1cccs1. The van der Waals surface area contributed by atoms with Crippen molar-refractivity contribution in [1.29, 1.82) is 0 Å². The molecule has 0 fully saturated rings. The molecule has 1 aromatic heterocycles. The Balaban J connectivity index is 2.42. The number of methoxy groups -OCH3 is 1. The van der Waals surface area contributed by atoms with Crippen molar-refractivity contribution >= 4 is 17.2 Å². The zero-order chi connectivity index (χ0) is 9.68. The number of carbonyl (C=O) groups excluding carboxylic acids is 1. The van der Waals surface area contributed by atoms with Gasteiger partial charge < -0.3 is 10.1 Å². The number of hydrogen-bond donors (Lipinski definition) is 1. The minimum absolute atomic E-state index is 0.0282. The summed E-state index contributed by atoms with van der Waals surface area (Å²) < 4.78 is 4.91. The highest BCUT2D eigenvalue weighted by atomic mass is 32.1. The minimum Gasteiger partial charge on any atom is -0.383 e. The Labute approximate surface area is 81.7 Å². The average Bonchev–Trinajstić information content (AvgIpc) is 2.55. The predicted molar refractivity (Wildman–Crippen MR) is 53.1 cm³/mol. The Kier molecular flexibility index (Phi) is 3.92. The number of hydrogen-bond acceptors (Lipinski definition) is 3. The van der Waals surface area contributed by atoms with E-state index in [0.29, 0.717) is 6.61 Å². The van der Waals surface area contributed by atoms with E-state index < -0.39 is 0 Å². The summed E-state index contributed by atoms with van der Waals surface area (Å²) in [5.41, 5.74) is 0. The van der Waals surface area contributed by atoms with Crippen molar-refractivity contribution in [2.75, 3.05) is 13.7 Å². The zero-order valence-corrected chi connectivity index (χ0v) is 8.56. The van der Waals surface area contributed by atoms with Crippen LogP contribution < -0.4 is 5.32 Å². The molecule has 0 bridgehead atoms. The van der Waals surface area contributed by atoms with Gasteiger partial charge in [0.2, 0.25) is 0 Å². The van der Waals surface area contributed by atoms with Gasteiger partial charge in [0.15, 0.2) is 0 Å². The van der Waals surface area contributed by atoms with E-state index in [1.807, 2.05) is 18.4 Å². The molecule has 72 valence electrons. The maximum absolute atomic E-state index is 11.4. The van der Waals surface area contributed by atoms with Crippen LogP contribution in [0.1, 0.15) is 16.6 Å². The van der Waals surface area contributed by atoms with E-state index in [1.165, 1.54) is 11.3 Å². The maximum atomic E-state index is 11.4. The summed E-state index contributed by atoms with van der Waals surface area (Å²) in [6.07, 6.45) is 0. The van der Waals surface area contributed by atoms with Crippen LogP contribution in [0.3, 0.4) is 0 Å². The zero-order valence-electron chi connectivity index (χ0n) is 7.74. The third kappa shape index (κ3) is 3.16. The molecule has 1 amide bonds. The van der Waals surface area contributed by atoms with Gasteiger partial charge in [0, 0.05) is 13.2 Å². The molecule has 0 radical (unpaired) electrons. The molecule has 0 aliphatic rings. The molecule has 0 saturated heterocycles. The highest BCUT2D eigenvalue weighted by molar-refractivity contribution is 7.12. The summed E-state index contributed by atoms with van der Waals surface area (Å²) in [4.78, 5) is 12.2. The lowest BCUT2D eigenvalue weighted by molar-refractivity contribution is 0.0909. The van der Waals surface area contributed by atoms with Crippen molar-refractivity contribution in [2.24, 2.45) is 0 Å². The molecule has 1 heterocycles. The van der Waals surface area contributed by atoms with E-state index in [4.69, 9.17) is 4.74 Å². The minimum atomic E-state index is -0.0282. The van der Waals surface area contributed by atoms with Gasteiger partial charge in [-0.2, -0.15) is 0 Å². The first kappa shape index (κ1) is 10.2. The second-order valence-electron chi connectivity index (χ2n) is 2.81. The van der Waals surface area contributed by atoms with E-state index in [2.05, 4.69) is 5.32 Å². The second-order valence-corrected chi connectivity index (χ2v) is 3.75. The van der Waals surface area contributed by atoms with Crippen LogP contribution in [0.25, 0.3) is 0 Å². The van der Waals surface area contributed by atoms with Gasteiger partial charge in [0.25, 0.3) is 5.91 Å². The third-order valence-electron chi connectivity index (χ3n) is 1.54. The number of nitrogens with one attached hydrogen (secondary N) is 1. The van der Waals surface area contributed by atoms with Crippen molar-refractivity contribution in [3.05, 3.63) is 22.4 Å². The molecule has 1 atom stereocenters. The van der Waals surface area contributed by atoms with Gasteiger partial charge in [-0.25, -0.2) is 0 Å². The van der Waals surface area contributed by atoms with Crippen molar-refractivity contribution in [1.82, 2.24) is 5.32 Å². The molecule has 4 heteroatoms. The Morgan fingerprint density at radius 2 is 2.54 bits per heavy atom. The summed E-state index contributed by atoms with van der Waals surface area (Å²) in [6.45, 7) is 2.45. The lowest BCUT2D eigenvalue weighted by Crippen LogP contribution is -2.35. The highest BCUT2D eigenvalue weighted by Crippen LogP contribution is 2.07. The van der Waals surface area contributed by atoms with Crippen LogP contribution >= 0.6 is 11.3 Å². The van der Waals surface area contributed by atoms with Gasteiger partial charge in [0.1, 0.15) is 0 Å². The summed E-state index contributed by atoms with van der Waals surface area (Å²) in [7, 11) is 1.62. The molecule has 0 spiro atoms. The number of thiophene rings is 1. The van der Waals surface area contributed by atoms with Crippen LogP contribution in [-0.2, 0) is 4.74 Å². The first-order valence-electron chi connectivity index (χ1n) is 4.07. The first-order chi connectivity index (χ1) is 6.24. The summed E-state index contributed by atoms with van der Waals surface area (Å²) >= 11 is 1.44. The van der Waals surface area contributed by atoms with Crippen LogP contribution in [0.15, 0.2) is 17.5 Å². The fourth-order valence-corrected chi connectivity index (χ4v) is 1.62. The van der Waals surface area contributed by atoms with Crippen LogP contribution in [0.4, 0.5) is 0 Å². The van der Waals surface area contributed by atoms with Gasteiger partial charge in [-0.05, 0) is 18.4 Å². The van der Waals surface area contributed by atoms with Crippen LogP contribution in [0, 0.1) is 0 Å². The number of ether oxygens (including phenoxy) is 1. The molecule has 0 aromatic carbocycles. The van der Waals surface area contributed by atoms with Crippen molar-refractivity contribution in [2.45, 2.75) is 13.0 Å². The van der Waals surface area contributed by atoms with E-state index >= 15 is 0 Å². The quantitative estimate of drug-likeness (QED) is 0.798. The maximum Gasteiger partial charge on any atom is 0.261 e. The normalized spacial score (nSPS) is 12.5. The van der Waals surface area contributed by atoms with Crippen molar-refractivity contribution < 1.29 is 9.53 Å². The van der Waals surface area contributed by atoms with E-state index in [9.17, 15) is 4.79 Å². The Morgan fingerprint density at radius 3 is 3.08 bits per heavy atom. The van der Waals surface area contributed by atoms with Gasteiger partial charge in [-0.1, -0.05) is 6.07 Å². The number of carbonyl (C=O) groups is 1. The second kappa shape index (κ2) is 4.99. The molecule has 0 saturated carbocycles. The predicted octanol–water partition coefficient (Wildman–Crippen LogP) is 1.51. The molecular weight excluding hydrogens is 186 g/mol.